The first-order chi connectivity index (χ1) is 6.58. The number of rotatable bonds is 5. The lowest BCUT2D eigenvalue weighted by Gasteiger charge is -2.26. The Morgan fingerprint density at radius 2 is 2.50 bits per heavy atom. The summed E-state index contributed by atoms with van der Waals surface area (Å²) in [7, 11) is 0. The van der Waals surface area contributed by atoms with Gasteiger partial charge < -0.3 is 5.73 Å². The molecule has 0 unspecified atom stereocenters. The van der Waals surface area contributed by atoms with Crippen LogP contribution in [0.3, 0.4) is 0 Å². The quantitative estimate of drug-likeness (QED) is 0.761. The molecule has 1 rings (SSSR count). The van der Waals surface area contributed by atoms with Crippen LogP contribution < -0.4 is 11.1 Å². The van der Waals surface area contributed by atoms with Gasteiger partial charge in [0.2, 0.25) is 5.91 Å². The third kappa shape index (κ3) is 2.52. The Kier molecular flexibility index (Phi) is 3.60. The highest BCUT2D eigenvalue weighted by atomic mass is 32.1. The van der Waals surface area contributed by atoms with Crippen molar-refractivity contribution in [2.75, 3.05) is 6.54 Å². The maximum Gasteiger partial charge on any atom is 0.231 e. The van der Waals surface area contributed by atoms with E-state index in [4.69, 9.17) is 5.73 Å². The minimum absolute atomic E-state index is 0.184. The van der Waals surface area contributed by atoms with E-state index in [1.807, 2.05) is 12.3 Å². The van der Waals surface area contributed by atoms with Gasteiger partial charge in [0.25, 0.3) is 0 Å². The van der Waals surface area contributed by atoms with E-state index in [-0.39, 0.29) is 18.0 Å². The summed E-state index contributed by atoms with van der Waals surface area (Å²) in [5.74, 6) is -0.346. The molecule has 1 amide bonds. The number of aromatic nitrogens is 1. The molecule has 1 aromatic heterocycles. The van der Waals surface area contributed by atoms with Crippen molar-refractivity contribution in [2.45, 2.75) is 25.8 Å². The predicted octanol–water partition coefficient (Wildman–Crippen LogP) is 0.843. The van der Waals surface area contributed by atoms with Crippen LogP contribution in [0.15, 0.2) is 11.6 Å². The zero-order valence-electron chi connectivity index (χ0n) is 8.41. The smallest absolute Gasteiger partial charge is 0.231 e. The summed E-state index contributed by atoms with van der Waals surface area (Å²) in [6.07, 6.45) is 2.63. The standard InChI is InChI=1S/C9H15N3OS/c1-3-9(2,12-6-7(10)13)8-11-4-5-14-8/h4-5,12H,3,6H2,1-2H3,(H2,10,13)/t9-/m1/s1. The van der Waals surface area contributed by atoms with Crippen molar-refractivity contribution in [1.82, 2.24) is 10.3 Å². The average Bonchev–Trinajstić information content (AvgIpc) is 2.67. The van der Waals surface area contributed by atoms with Crippen molar-refractivity contribution in [3.63, 3.8) is 0 Å². The zero-order valence-corrected chi connectivity index (χ0v) is 9.23. The topological polar surface area (TPSA) is 68.0 Å². The molecule has 5 heteroatoms. The number of primary amides is 1. The molecule has 0 aliphatic rings. The first-order valence-corrected chi connectivity index (χ1v) is 5.40. The molecule has 78 valence electrons. The van der Waals surface area contributed by atoms with E-state index < -0.39 is 0 Å². The van der Waals surface area contributed by atoms with Gasteiger partial charge in [0.05, 0.1) is 12.1 Å². The molecule has 1 atom stereocenters. The van der Waals surface area contributed by atoms with Crippen LogP contribution >= 0.6 is 11.3 Å². The number of carbonyl (C=O) groups excluding carboxylic acids is 1. The van der Waals surface area contributed by atoms with Crippen LogP contribution in [0.1, 0.15) is 25.3 Å². The highest BCUT2D eigenvalue weighted by molar-refractivity contribution is 7.09. The van der Waals surface area contributed by atoms with E-state index in [2.05, 4.69) is 17.2 Å². The fourth-order valence-electron chi connectivity index (χ4n) is 1.13. The molecule has 0 bridgehead atoms. The van der Waals surface area contributed by atoms with Crippen LogP contribution in [0.5, 0.6) is 0 Å². The monoisotopic (exact) mass is 213 g/mol. The van der Waals surface area contributed by atoms with Gasteiger partial charge in [-0.25, -0.2) is 4.98 Å². The maximum absolute atomic E-state index is 10.7. The summed E-state index contributed by atoms with van der Waals surface area (Å²) in [6.45, 7) is 4.26. The van der Waals surface area contributed by atoms with Gasteiger partial charge in [-0.2, -0.15) is 0 Å². The average molecular weight is 213 g/mol. The van der Waals surface area contributed by atoms with Crippen molar-refractivity contribution in [1.29, 1.82) is 0 Å². The second kappa shape index (κ2) is 4.52. The Bertz CT molecular complexity index is 299. The van der Waals surface area contributed by atoms with Gasteiger partial charge in [0.15, 0.2) is 0 Å². The lowest BCUT2D eigenvalue weighted by atomic mass is 10.00. The van der Waals surface area contributed by atoms with Crippen LogP contribution in [-0.4, -0.2) is 17.4 Å². The van der Waals surface area contributed by atoms with Crippen LogP contribution in [0.25, 0.3) is 0 Å². The van der Waals surface area contributed by atoms with E-state index in [0.29, 0.717) is 0 Å². The number of thiazole rings is 1. The number of carbonyl (C=O) groups is 1. The Morgan fingerprint density at radius 1 is 1.79 bits per heavy atom. The predicted molar refractivity (Wildman–Crippen MR) is 57.0 cm³/mol. The number of hydrogen-bond donors (Lipinski definition) is 2. The molecular weight excluding hydrogens is 198 g/mol. The molecule has 0 fully saturated rings. The van der Waals surface area contributed by atoms with Crippen molar-refractivity contribution < 1.29 is 4.79 Å². The minimum Gasteiger partial charge on any atom is -0.369 e. The normalized spacial score (nSPS) is 15.0. The van der Waals surface area contributed by atoms with Gasteiger partial charge in [0.1, 0.15) is 5.01 Å². The van der Waals surface area contributed by atoms with Gasteiger partial charge in [-0.1, -0.05) is 6.92 Å². The number of hydrogen-bond acceptors (Lipinski definition) is 4. The van der Waals surface area contributed by atoms with Gasteiger partial charge in [-0.3, -0.25) is 10.1 Å². The van der Waals surface area contributed by atoms with Crippen LogP contribution in [0.2, 0.25) is 0 Å². The van der Waals surface area contributed by atoms with Crippen molar-refractivity contribution in [3.8, 4) is 0 Å². The highest BCUT2D eigenvalue weighted by Crippen LogP contribution is 2.25. The van der Waals surface area contributed by atoms with Gasteiger partial charge in [-0.15, -0.1) is 11.3 Å². The summed E-state index contributed by atoms with van der Waals surface area (Å²) in [4.78, 5) is 14.9. The van der Waals surface area contributed by atoms with Crippen molar-refractivity contribution in [2.24, 2.45) is 5.73 Å². The second-order valence-electron chi connectivity index (χ2n) is 3.34. The molecular formula is C9H15N3OS. The summed E-state index contributed by atoms with van der Waals surface area (Å²) in [6, 6.07) is 0. The number of nitrogens with one attached hydrogen (secondary N) is 1. The Hall–Kier alpha value is -0.940. The highest BCUT2D eigenvalue weighted by Gasteiger charge is 2.26. The van der Waals surface area contributed by atoms with E-state index in [9.17, 15) is 4.79 Å². The molecule has 0 aromatic carbocycles. The van der Waals surface area contributed by atoms with Gasteiger partial charge >= 0.3 is 0 Å². The molecule has 0 radical (unpaired) electrons. The Morgan fingerprint density at radius 3 is 2.93 bits per heavy atom. The van der Waals surface area contributed by atoms with E-state index >= 15 is 0 Å². The third-order valence-corrected chi connectivity index (χ3v) is 3.30. The van der Waals surface area contributed by atoms with Gasteiger partial charge in [-0.05, 0) is 13.3 Å². The summed E-state index contributed by atoms with van der Waals surface area (Å²) >= 11 is 1.58. The van der Waals surface area contributed by atoms with Crippen molar-refractivity contribution >= 4 is 17.2 Å². The van der Waals surface area contributed by atoms with Gasteiger partial charge in [0, 0.05) is 11.6 Å². The number of nitrogens with zero attached hydrogens (tertiary/aromatic N) is 1. The number of nitrogens with two attached hydrogens (primary N) is 1. The summed E-state index contributed by atoms with van der Waals surface area (Å²) in [5.41, 5.74) is 4.84. The molecule has 1 heterocycles. The van der Waals surface area contributed by atoms with E-state index in [0.717, 1.165) is 11.4 Å². The molecule has 4 nitrogen and oxygen atoms in total. The SMILES string of the molecule is CC[C@@](C)(NCC(N)=O)c1nccs1. The first-order valence-electron chi connectivity index (χ1n) is 4.52. The minimum atomic E-state index is -0.346. The molecule has 0 aliphatic carbocycles. The summed E-state index contributed by atoms with van der Waals surface area (Å²) < 4.78 is 0. The molecule has 0 saturated carbocycles. The van der Waals surface area contributed by atoms with Crippen LogP contribution in [0.4, 0.5) is 0 Å². The fourth-order valence-corrected chi connectivity index (χ4v) is 1.98. The molecule has 0 spiro atoms. The lowest BCUT2D eigenvalue weighted by Crippen LogP contribution is -2.43. The summed E-state index contributed by atoms with van der Waals surface area (Å²) in [5, 5.41) is 6.03. The first kappa shape index (κ1) is 11.1. The maximum atomic E-state index is 10.7. The van der Waals surface area contributed by atoms with Crippen LogP contribution in [0, 0.1) is 0 Å². The molecule has 0 saturated heterocycles. The molecule has 3 N–H and O–H groups in total. The van der Waals surface area contributed by atoms with Crippen LogP contribution in [-0.2, 0) is 10.3 Å². The Labute approximate surface area is 87.5 Å². The third-order valence-electron chi connectivity index (χ3n) is 2.26. The fraction of sp³-hybridized carbons (Fsp3) is 0.556. The number of amides is 1. The molecule has 0 aliphatic heterocycles. The largest absolute Gasteiger partial charge is 0.369 e. The lowest BCUT2D eigenvalue weighted by molar-refractivity contribution is -0.117. The van der Waals surface area contributed by atoms with Crippen molar-refractivity contribution in [3.05, 3.63) is 16.6 Å². The van der Waals surface area contributed by atoms with E-state index in [1.54, 1.807) is 17.5 Å². The molecule has 14 heavy (non-hydrogen) atoms. The van der Waals surface area contributed by atoms with E-state index in [1.165, 1.54) is 0 Å². The second-order valence-corrected chi connectivity index (χ2v) is 4.24. The zero-order chi connectivity index (χ0) is 10.6. The Balaban J connectivity index is 2.71. The molecule has 1 aromatic rings.